The zero-order valence-electron chi connectivity index (χ0n) is 18.2. The van der Waals surface area contributed by atoms with Crippen molar-refractivity contribution < 1.29 is 14.0 Å². The molecule has 29 heavy (non-hydrogen) atoms. The van der Waals surface area contributed by atoms with E-state index in [1.807, 2.05) is 34.9 Å². The van der Waals surface area contributed by atoms with Crippen molar-refractivity contribution in [2.75, 3.05) is 26.4 Å². The Morgan fingerprint density at radius 1 is 1.21 bits per heavy atom. The van der Waals surface area contributed by atoms with Gasteiger partial charge in [0.15, 0.2) is 0 Å². The van der Waals surface area contributed by atoms with Crippen LogP contribution in [0.3, 0.4) is 0 Å². The minimum Gasteiger partial charge on any atom is -0.408 e. The first-order valence-electron chi connectivity index (χ1n) is 10.1. The molecule has 1 amide bonds. The number of aromatic nitrogens is 2. The van der Waals surface area contributed by atoms with Gasteiger partial charge in [-0.3, -0.25) is 9.59 Å². The highest BCUT2D eigenvalue weighted by molar-refractivity contribution is 7.99. The van der Waals surface area contributed by atoms with Crippen LogP contribution in [0.5, 0.6) is 0 Å². The van der Waals surface area contributed by atoms with Gasteiger partial charge < -0.3 is 14.2 Å². The minimum atomic E-state index is -0.617. The van der Waals surface area contributed by atoms with Crippen LogP contribution in [0.4, 0.5) is 0 Å². The summed E-state index contributed by atoms with van der Waals surface area (Å²) >= 11 is 1.43. The van der Waals surface area contributed by atoms with E-state index in [0.717, 1.165) is 44.4 Å². The van der Waals surface area contributed by atoms with Crippen LogP contribution >= 0.6 is 24.2 Å². The zero-order valence-corrected chi connectivity index (χ0v) is 19.9. The number of carbonyl (C=O) groups excluding carboxylic acids is 2. The number of carbonyl (C=O) groups is 2. The number of rotatable bonds is 9. The molecule has 0 bridgehead atoms. The highest BCUT2D eigenvalue weighted by Crippen LogP contribution is 2.32. The monoisotopic (exact) mass is 446 g/mol. The van der Waals surface area contributed by atoms with Crippen LogP contribution in [0, 0.1) is 5.41 Å². The normalized spacial score (nSPS) is 16.8. The van der Waals surface area contributed by atoms with E-state index in [-0.39, 0.29) is 30.1 Å². The van der Waals surface area contributed by atoms with Crippen molar-refractivity contribution in [1.82, 2.24) is 20.0 Å². The lowest BCUT2D eigenvalue weighted by molar-refractivity contribution is -0.124. The Labute approximate surface area is 184 Å². The number of amides is 1. The van der Waals surface area contributed by atoms with Crippen molar-refractivity contribution in [2.45, 2.75) is 76.6 Å². The van der Waals surface area contributed by atoms with Gasteiger partial charge in [-0.2, -0.15) is 0 Å². The van der Waals surface area contributed by atoms with E-state index in [9.17, 15) is 9.59 Å². The first-order valence-corrected chi connectivity index (χ1v) is 11.1. The van der Waals surface area contributed by atoms with Crippen molar-refractivity contribution in [3.05, 3.63) is 5.89 Å². The van der Waals surface area contributed by atoms with Gasteiger partial charge in [-0.1, -0.05) is 58.2 Å². The summed E-state index contributed by atoms with van der Waals surface area (Å²) in [5.41, 5.74) is -0.434. The summed E-state index contributed by atoms with van der Waals surface area (Å²) < 4.78 is 5.64. The van der Waals surface area contributed by atoms with E-state index in [4.69, 9.17) is 4.42 Å². The van der Waals surface area contributed by atoms with E-state index in [2.05, 4.69) is 15.1 Å². The van der Waals surface area contributed by atoms with Gasteiger partial charge in [0, 0.05) is 18.3 Å². The molecule has 7 nitrogen and oxygen atoms in total. The fourth-order valence-corrected chi connectivity index (χ4v) is 4.56. The fourth-order valence-electron chi connectivity index (χ4n) is 3.69. The van der Waals surface area contributed by atoms with Gasteiger partial charge in [0.25, 0.3) is 11.1 Å². The molecule has 0 unspecified atom stereocenters. The van der Waals surface area contributed by atoms with E-state index < -0.39 is 11.5 Å². The van der Waals surface area contributed by atoms with Gasteiger partial charge in [-0.15, -0.1) is 22.6 Å². The molecule has 0 aliphatic heterocycles. The summed E-state index contributed by atoms with van der Waals surface area (Å²) in [6, 6.07) is -0.529. The highest BCUT2D eigenvalue weighted by atomic mass is 35.5. The SMILES string of the molecule is CN(C)CCSc1nnc(C(=O)[C@@H](N(C=O)C2CCCCCC2)C(C)(C)C)o1.Cl. The smallest absolute Gasteiger partial charge is 0.286 e. The fraction of sp³-hybridized carbons (Fsp3) is 0.800. The van der Waals surface area contributed by atoms with Crippen molar-refractivity contribution in [3.8, 4) is 0 Å². The Kier molecular flexibility index (Phi) is 10.6. The molecule has 1 aliphatic carbocycles. The summed E-state index contributed by atoms with van der Waals surface area (Å²) in [4.78, 5) is 29.1. The Hall–Kier alpha value is -1.12. The first-order chi connectivity index (χ1) is 13.2. The lowest BCUT2D eigenvalue weighted by Gasteiger charge is -2.40. The molecule has 1 aliphatic rings. The second-order valence-electron chi connectivity index (χ2n) is 8.86. The standard InChI is InChI=1S/C20H34N4O3S.ClH/c1-20(2,3)17(24(14-25)15-10-8-6-7-9-11-15)16(26)18-21-22-19(27-18)28-13-12-23(4)5;/h14-15,17H,6-13H2,1-5H3;1H/t17-;/m1./s1. The van der Waals surface area contributed by atoms with Crippen molar-refractivity contribution in [2.24, 2.45) is 5.41 Å². The highest BCUT2D eigenvalue weighted by Gasteiger charge is 2.41. The number of thioether (sulfide) groups is 1. The lowest BCUT2D eigenvalue weighted by atomic mass is 9.82. The summed E-state index contributed by atoms with van der Waals surface area (Å²) in [6.45, 7) is 6.81. The molecule has 0 saturated heterocycles. The molecular formula is C20H35ClN4O3S. The number of hydrogen-bond donors (Lipinski definition) is 0. The second kappa shape index (κ2) is 11.9. The molecule has 1 fully saturated rings. The number of ketones is 1. The van der Waals surface area contributed by atoms with Gasteiger partial charge in [-0.05, 0) is 32.4 Å². The van der Waals surface area contributed by atoms with Crippen molar-refractivity contribution >= 4 is 36.4 Å². The maximum Gasteiger partial charge on any atom is 0.286 e. The zero-order chi connectivity index (χ0) is 20.7. The van der Waals surface area contributed by atoms with Gasteiger partial charge in [0.2, 0.25) is 12.2 Å². The summed E-state index contributed by atoms with van der Waals surface area (Å²) in [5, 5.41) is 8.39. The van der Waals surface area contributed by atoms with Gasteiger partial charge >= 0.3 is 0 Å². The molecule has 1 aromatic rings. The molecule has 166 valence electrons. The number of hydrogen-bond acceptors (Lipinski definition) is 7. The Balaban J connectivity index is 0.00000420. The maximum absolute atomic E-state index is 13.3. The molecule has 1 aromatic heterocycles. The third-order valence-electron chi connectivity index (χ3n) is 5.12. The van der Waals surface area contributed by atoms with Gasteiger partial charge in [0.05, 0.1) is 0 Å². The van der Waals surface area contributed by atoms with Crippen LogP contribution in [0.2, 0.25) is 0 Å². The summed E-state index contributed by atoms with van der Waals surface area (Å²) in [6.07, 6.45) is 7.28. The van der Waals surface area contributed by atoms with Crippen LogP contribution < -0.4 is 0 Å². The predicted octanol–water partition coefficient (Wildman–Crippen LogP) is 3.92. The molecule has 9 heteroatoms. The van der Waals surface area contributed by atoms with Crippen molar-refractivity contribution in [1.29, 1.82) is 0 Å². The van der Waals surface area contributed by atoms with E-state index in [1.54, 1.807) is 4.90 Å². The van der Waals surface area contributed by atoms with E-state index >= 15 is 0 Å². The largest absolute Gasteiger partial charge is 0.408 e. The van der Waals surface area contributed by atoms with E-state index in [0.29, 0.717) is 5.22 Å². The van der Waals surface area contributed by atoms with E-state index in [1.165, 1.54) is 24.6 Å². The molecule has 1 atom stereocenters. The van der Waals surface area contributed by atoms with Crippen LogP contribution in [0.15, 0.2) is 9.64 Å². The molecule has 1 heterocycles. The molecule has 0 N–H and O–H groups in total. The topological polar surface area (TPSA) is 79.5 Å². The Morgan fingerprint density at radius 2 is 1.83 bits per heavy atom. The first kappa shape index (κ1) is 25.9. The average Bonchev–Trinajstić information content (AvgIpc) is 2.92. The van der Waals surface area contributed by atoms with Crippen LogP contribution in [0.1, 0.15) is 70.0 Å². The molecular weight excluding hydrogens is 412 g/mol. The lowest BCUT2D eigenvalue weighted by Crippen LogP contribution is -2.53. The maximum atomic E-state index is 13.3. The Morgan fingerprint density at radius 3 is 2.34 bits per heavy atom. The minimum absolute atomic E-state index is 0. The van der Waals surface area contributed by atoms with Crippen LogP contribution in [-0.4, -0.2) is 70.7 Å². The van der Waals surface area contributed by atoms with Crippen LogP contribution in [0.25, 0.3) is 0 Å². The predicted molar refractivity (Wildman–Crippen MR) is 118 cm³/mol. The van der Waals surface area contributed by atoms with Crippen molar-refractivity contribution in [3.63, 3.8) is 0 Å². The van der Waals surface area contributed by atoms with Gasteiger partial charge in [0.1, 0.15) is 6.04 Å². The number of nitrogens with zero attached hydrogens (tertiary/aromatic N) is 4. The van der Waals surface area contributed by atoms with Crippen LogP contribution in [-0.2, 0) is 4.79 Å². The second-order valence-corrected chi connectivity index (χ2v) is 9.90. The average molecular weight is 447 g/mol. The molecule has 0 aromatic carbocycles. The third-order valence-corrected chi connectivity index (χ3v) is 5.91. The van der Waals surface area contributed by atoms with Gasteiger partial charge in [-0.25, -0.2) is 0 Å². The molecule has 1 saturated carbocycles. The number of halogens is 1. The summed E-state index contributed by atoms with van der Waals surface area (Å²) in [5.74, 6) is 0.525. The Bertz CT molecular complexity index is 640. The summed E-state index contributed by atoms with van der Waals surface area (Å²) in [7, 11) is 4.00. The molecule has 2 rings (SSSR count). The quantitative estimate of drug-likeness (QED) is 0.246. The number of Topliss-reactive ketones (excluding diaryl/α,β-unsaturated/α-hetero) is 1. The molecule has 0 radical (unpaired) electrons. The third kappa shape index (κ3) is 7.57. The molecule has 0 spiro atoms.